The lowest BCUT2D eigenvalue weighted by atomic mass is 9.88. The van der Waals surface area contributed by atoms with E-state index < -0.39 is 0 Å². The predicted molar refractivity (Wildman–Crippen MR) is 141 cm³/mol. The van der Waals surface area contributed by atoms with Gasteiger partial charge in [0.25, 0.3) is 5.56 Å². The van der Waals surface area contributed by atoms with Gasteiger partial charge in [-0.2, -0.15) is 9.78 Å². The fraction of sp³-hybridized carbons (Fsp3) is 0.444. The second-order valence-electron chi connectivity index (χ2n) is 8.78. The molecule has 1 atom stereocenters. The molecule has 0 saturated heterocycles. The first-order valence-electron chi connectivity index (χ1n) is 12.2. The number of para-hydroxylation sites is 1. The maximum absolute atomic E-state index is 13.4. The molecule has 3 aromatic rings. The average Bonchev–Trinajstić information content (AvgIpc) is 2.86. The maximum atomic E-state index is 13.4. The Bertz CT molecular complexity index is 1230. The van der Waals surface area contributed by atoms with E-state index in [-0.39, 0.29) is 17.6 Å². The van der Waals surface area contributed by atoms with Crippen LogP contribution in [0.15, 0.2) is 50.8 Å². The van der Waals surface area contributed by atoms with E-state index in [4.69, 9.17) is 14.5 Å². The highest BCUT2D eigenvalue weighted by Crippen LogP contribution is 2.37. The maximum Gasteiger partial charge on any atom is 0.282 e. The summed E-state index contributed by atoms with van der Waals surface area (Å²) in [6.07, 6.45) is 8.25. The molecule has 1 fully saturated rings. The standard InChI is InChI=1S/C27H32BrN3O3/c1-4-18(3)34-25-22(28)15-19(16-24(25)33-5-2)17-29-31-26(20-11-7-6-8-12-20)30-23-14-10-9-13-21(23)27(31)32/h9-10,13-18,20H,4-8,11-12H2,1-3H3/t18-/m1/s1. The Labute approximate surface area is 209 Å². The van der Waals surface area contributed by atoms with Crippen LogP contribution in [0.3, 0.4) is 0 Å². The number of nitrogens with zero attached hydrogens (tertiary/aromatic N) is 3. The van der Waals surface area contributed by atoms with Crippen molar-refractivity contribution in [2.75, 3.05) is 6.61 Å². The van der Waals surface area contributed by atoms with Crippen LogP contribution in [-0.2, 0) is 0 Å². The van der Waals surface area contributed by atoms with Gasteiger partial charge in [-0.15, -0.1) is 0 Å². The lowest BCUT2D eigenvalue weighted by molar-refractivity contribution is 0.202. The van der Waals surface area contributed by atoms with Crippen molar-refractivity contribution in [1.29, 1.82) is 0 Å². The molecule has 0 aliphatic heterocycles. The van der Waals surface area contributed by atoms with Gasteiger partial charge in [0.05, 0.1) is 34.3 Å². The van der Waals surface area contributed by atoms with Gasteiger partial charge in [0.1, 0.15) is 5.82 Å². The van der Waals surface area contributed by atoms with Crippen LogP contribution >= 0.6 is 15.9 Å². The van der Waals surface area contributed by atoms with Crippen LogP contribution in [-0.4, -0.2) is 28.6 Å². The lowest BCUT2D eigenvalue weighted by Gasteiger charge is -2.22. The summed E-state index contributed by atoms with van der Waals surface area (Å²) < 4.78 is 14.2. The van der Waals surface area contributed by atoms with Crippen molar-refractivity contribution >= 4 is 33.0 Å². The summed E-state index contributed by atoms with van der Waals surface area (Å²) in [5.74, 6) is 2.32. The predicted octanol–water partition coefficient (Wildman–Crippen LogP) is 6.66. The minimum absolute atomic E-state index is 0.0651. The van der Waals surface area contributed by atoms with Gasteiger partial charge in [0.2, 0.25) is 0 Å². The first kappa shape index (κ1) is 24.5. The number of fused-ring (bicyclic) bond motifs is 1. The van der Waals surface area contributed by atoms with Crippen molar-refractivity contribution in [2.24, 2.45) is 5.10 Å². The summed E-state index contributed by atoms with van der Waals surface area (Å²) in [5, 5.41) is 5.23. The molecular formula is C27H32BrN3O3. The van der Waals surface area contributed by atoms with Crippen LogP contribution < -0.4 is 15.0 Å². The van der Waals surface area contributed by atoms with E-state index in [0.29, 0.717) is 23.5 Å². The molecule has 0 amide bonds. The van der Waals surface area contributed by atoms with E-state index in [1.807, 2.05) is 50.2 Å². The van der Waals surface area contributed by atoms with Gasteiger partial charge in [0, 0.05) is 5.92 Å². The molecule has 0 N–H and O–H groups in total. The Morgan fingerprint density at radius 3 is 2.71 bits per heavy atom. The van der Waals surface area contributed by atoms with Gasteiger partial charge in [-0.25, -0.2) is 4.98 Å². The molecule has 2 aromatic carbocycles. The number of hydrogen-bond acceptors (Lipinski definition) is 5. The molecule has 0 bridgehead atoms. The summed E-state index contributed by atoms with van der Waals surface area (Å²) in [6, 6.07) is 11.3. The van der Waals surface area contributed by atoms with Crippen molar-refractivity contribution in [2.45, 2.75) is 71.3 Å². The Balaban J connectivity index is 1.77. The fourth-order valence-electron chi connectivity index (χ4n) is 4.33. The minimum atomic E-state index is -0.136. The van der Waals surface area contributed by atoms with Gasteiger partial charge < -0.3 is 9.47 Å². The average molecular weight is 526 g/mol. The Morgan fingerprint density at radius 1 is 1.21 bits per heavy atom. The third-order valence-corrected chi connectivity index (χ3v) is 6.89. The summed E-state index contributed by atoms with van der Waals surface area (Å²) in [7, 11) is 0. The number of aromatic nitrogens is 2. The number of benzene rings is 2. The van der Waals surface area contributed by atoms with Crippen LogP contribution in [0.2, 0.25) is 0 Å². The molecule has 1 aliphatic rings. The summed E-state index contributed by atoms with van der Waals surface area (Å²) in [4.78, 5) is 18.3. The summed E-state index contributed by atoms with van der Waals surface area (Å²) in [5.41, 5.74) is 1.40. The zero-order valence-corrected chi connectivity index (χ0v) is 21.7. The van der Waals surface area contributed by atoms with Crippen molar-refractivity contribution < 1.29 is 9.47 Å². The molecule has 0 spiro atoms. The molecule has 1 saturated carbocycles. The fourth-order valence-corrected chi connectivity index (χ4v) is 4.88. The first-order chi connectivity index (χ1) is 16.5. The smallest absolute Gasteiger partial charge is 0.282 e. The molecule has 0 radical (unpaired) electrons. The number of ether oxygens (including phenoxy) is 2. The van der Waals surface area contributed by atoms with Crippen LogP contribution in [0, 0.1) is 0 Å². The lowest BCUT2D eigenvalue weighted by Crippen LogP contribution is -2.25. The molecule has 4 rings (SSSR count). The first-order valence-corrected chi connectivity index (χ1v) is 13.0. The van der Waals surface area contributed by atoms with E-state index in [2.05, 4.69) is 28.0 Å². The number of rotatable bonds is 8. The topological polar surface area (TPSA) is 65.7 Å². The van der Waals surface area contributed by atoms with Gasteiger partial charge in [-0.3, -0.25) is 4.79 Å². The van der Waals surface area contributed by atoms with Crippen molar-refractivity contribution in [3.05, 3.63) is 62.6 Å². The van der Waals surface area contributed by atoms with Crippen molar-refractivity contribution in [3.8, 4) is 11.5 Å². The minimum Gasteiger partial charge on any atom is -0.490 e. The summed E-state index contributed by atoms with van der Waals surface area (Å²) >= 11 is 3.63. The highest BCUT2D eigenvalue weighted by Gasteiger charge is 2.22. The van der Waals surface area contributed by atoms with Gasteiger partial charge in [-0.1, -0.05) is 38.3 Å². The van der Waals surface area contributed by atoms with Gasteiger partial charge in [0.15, 0.2) is 11.5 Å². The zero-order valence-electron chi connectivity index (χ0n) is 20.1. The zero-order chi connectivity index (χ0) is 24.1. The SMILES string of the molecule is CCOc1cc(C=Nn2c(C3CCCCC3)nc3ccccc3c2=O)cc(Br)c1O[C@H](C)CC. The van der Waals surface area contributed by atoms with E-state index in [1.54, 1.807) is 6.21 Å². The Hall–Kier alpha value is -2.67. The summed E-state index contributed by atoms with van der Waals surface area (Å²) in [6.45, 7) is 6.57. The highest BCUT2D eigenvalue weighted by atomic mass is 79.9. The second kappa shape index (κ2) is 11.2. The van der Waals surface area contributed by atoms with E-state index in [0.717, 1.165) is 53.5 Å². The molecule has 6 nitrogen and oxygen atoms in total. The van der Waals surface area contributed by atoms with Crippen molar-refractivity contribution in [3.63, 3.8) is 0 Å². The normalized spacial score (nSPS) is 15.6. The quantitative estimate of drug-likeness (QED) is 0.308. The molecule has 1 aliphatic carbocycles. The van der Waals surface area contributed by atoms with Crippen LogP contribution in [0.5, 0.6) is 11.5 Å². The monoisotopic (exact) mass is 525 g/mol. The number of halogens is 1. The third-order valence-electron chi connectivity index (χ3n) is 6.30. The Kier molecular flexibility index (Phi) is 8.03. The van der Waals surface area contributed by atoms with E-state index in [9.17, 15) is 4.79 Å². The molecule has 1 heterocycles. The van der Waals surface area contributed by atoms with Crippen LogP contribution in [0.25, 0.3) is 10.9 Å². The molecule has 7 heteroatoms. The van der Waals surface area contributed by atoms with Crippen LogP contribution in [0.4, 0.5) is 0 Å². The molecule has 1 aromatic heterocycles. The van der Waals surface area contributed by atoms with Crippen molar-refractivity contribution in [1.82, 2.24) is 9.66 Å². The molecule has 180 valence electrons. The highest BCUT2D eigenvalue weighted by molar-refractivity contribution is 9.10. The molecular weight excluding hydrogens is 494 g/mol. The van der Waals surface area contributed by atoms with Gasteiger partial charge >= 0.3 is 0 Å². The molecule has 0 unspecified atom stereocenters. The molecule has 34 heavy (non-hydrogen) atoms. The van der Waals surface area contributed by atoms with Gasteiger partial charge in [-0.05, 0) is 78.9 Å². The van der Waals surface area contributed by atoms with Crippen LogP contribution in [0.1, 0.15) is 76.6 Å². The van der Waals surface area contributed by atoms with E-state index >= 15 is 0 Å². The number of hydrogen-bond donors (Lipinski definition) is 0. The third kappa shape index (κ3) is 5.35. The van der Waals surface area contributed by atoms with E-state index in [1.165, 1.54) is 11.1 Å². The second-order valence-corrected chi connectivity index (χ2v) is 9.64. The largest absolute Gasteiger partial charge is 0.490 e. The Morgan fingerprint density at radius 2 is 1.97 bits per heavy atom.